The molecule has 1 aromatic heterocycles. The van der Waals surface area contributed by atoms with Crippen molar-refractivity contribution in [2.75, 3.05) is 25.4 Å². The number of aromatic nitrogens is 2. The smallest absolute Gasteiger partial charge is 0.134 e. The average molecular weight is 297 g/mol. The van der Waals surface area contributed by atoms with E-state index in [1.54, 1.807) is 0 Å². The van der Waals surface area contributed by atoms with Crippen LogP contribution in [0.3, 0.4) is 0 Å². The van der Waals surface area contributed by atoms with Gasteiger partial charge < -0.3 is 4.90 Å². The minimum absolute atomic E-state index is 0.672. The van der Waals surface area contributed by atoms with Gasteiger partial charge in [-0.25, -0.2) is 0 Å². The zero-order valence-corrected chi connectivity index (χ0v) is 13.3. The SMILES string of the molecule is CCCCCCSc1nsnc1[C@@H]1CN2CC[C@H]1C2. The lowest BCUT2D eigenvalue weighted by Gasteiger charge is -2.20. The summed E-state index contributed by atoms with van der Waals surface area (Å²) in [6.45, 7) is 6.08. The van der Waals surface area contributed by atoms with Crippen LogP contribution in [-0.4, -0.2) is 39.0 Å². The molecule has 106 valence electrons. The normalized spacial score (nSPS) is 29.2. The van der Waals surface area contributed by atoms with Crippen molar-refractivity contribution in [3.8, 4) is 0 Å². The first kappa shape index (κ1) is 13.8. The third-order valence-corrected chi connectivity index (χ3v) is 6.13. The van der Waals surface area contributed by atoms with Crippen molar-refractivity contribution in [2.45, 2.75) is 50.0 Å². The Balaban J connectivity index is 1.54. The highest BCUT2D eigenvalue weighted by molar-refractivity contribution is 7.99. The minimum Gasteiger partial charge on any atom is -0.302 e. The second-order valence-corrected chi connectivity index (χ2v) is 7.39. The summed E-state index contributed by atoms with van der Waals surface area (Å²) in [5, 5.41) is 1.24. The molecule has 0 saturated carbocycles. The van der Waals surface area contributed by atoms with Crippen LogP contribution in [0.2, 0.25) is 0 Å². The van der Waals surface area contributed by atoms with Gasteiger partial charge >= 0.3 is 0 Å². The van der Waals surface area contributed by atoms with E-state index in [0.29, 0.717) is 5.92 Å². The number of hydrogen-bond donors (Lipinski definition) is 0. The molecule has 1 unspecified atom stereocenters. The summed E-state index contributed by atoms with van der Waals surface area (Å²) in [7, 11) is 0. The molecule has 3 atom stereocenters. The molecule has 5 heteroatoms. The number of piperidine rings is 1. The molecule has 1 aromatic rings. The molecule has 3 nitrogen and oxygen atoms in total. The Kier molecular flexibility index (Phi) is 4.77. The summed E-state index contributed by atoms with van der Waals surface area (Å²) >= 11 is 3.35. The zero-order chi connectivity index (χ0) is 13.1. The average Bonchev–Trinajstić information content (AvgIpc) is 3.14. The van der Waals surface area contributed by atoms with Crippen LogP contribution in [0, 0.1) is 5.92 Å². The molecule has 0 aromatic carbocycles. The fourth-order valence-electron chi connectivity index (χ4n) is 3.31. The lowest BCUT2D eigenvalue weighted by Crippen LogP contribution is -2.22. The number of rotatable bonds is 7. The first-order valence-electron chi connectivity index (χ1n) is 7.56. The molecule has 3 heterocycles. The van der Waals surface area contributed by atoms with E-state index in [9.17, 15) is 0 Å². The number of hydrogen-bond acceptors (Lipinski definition) is 5. The summed E-state index contributed by atoms with van der Waals surface area (Å²) in [5.74, 6) is 2.73. The third-order valence-electron chi connectivity index (χ3n) is 4.40. The van der Waals surface area contributed by atoms with Gasteiger partial charge in [0.05, 0.1) is 17.4 Å². The van der Waals surface area contributed by atoms with E-state index >= 15 is 0 Å². The van der Waals surface area contributed by atoms with Crippen LogP contribution < -0.4 is 0 Å². The number of thioether (sulfide) groups is 1. The summed E-state index contributed by atoms with van der Waals surface area (Å²) < 4.78 is 9.15. The largest absolute Gasteiger partial charge is 0.302 e. The van der Waals surface area contributed by atoms with Crippen molar-refractivity contribution in [1.82, 2.24) is 13.6 Å². The molecule has 2 saturated heterocycles. The summed E-state index contributed by atoms with van der Waals surface area (Å²) in [4.78, 5) is 2.59. The first-order valence-corrected chi connectivity index (χ1v) is 9.27. The highest BCUT2D eigenvalue weighted by Gasteiger charge is 2.41. The molecule has 2 bridgehead atoms. The Hall–Kier alpha value is -0.130. The Bertz CT molecular complexity index is 407. The van der Waals surface area contributed by atoms with Gasteiger partial charge in [-0.2, -0.15) is 8.75 Å². The molecule has 2 fully saturated rings. The summed E-state index contributed by atoms with van der Waals surface area (Å²) in [5.41, 5.74) is 1.32. The summed E-state index contributed by atoms with van der Waals surface area (Å²) in [6.07, 6.45) is 6.71. The van der Waals surface area contributed by atoms with E-state index in [4.69, 9.17) is 0 Å². The molecule has 19 heavy (non-hydrogen) atoms. The van der Waals surface area contributed by atoms with Crippen LogP contribution in [0.1, 0.15) is 50.6 Å². The first-order chi connectivity index (χ1) is 9.38. The van der Waals surface area contributed by atoms with Gasteiger partial charge in [-0.1, -0.05) is 26.2 Å². The highest BCUT2D eigenvalue weighted by atomic mass is 32.2. The number of nitrogens with zero attached hydrogens (tertiary/aromatic N) is 3. The van der Waals surface area contributed by atoms with Crippen LogP contribution in [0.4, 0.5) is 0 Å². The topological polar surface area (TPSA) is 29.0 Å². The fourth-order valence-corrected chi connectivity index (χ4v) is 5.08. The predicted molar refractivity (Wildman–Crippen MR) is 82.1 cm³/mol. The maximum Gasteiger partial charge on any atom is 0.134 e. The molecule has 0 N–H and O–H groups in total. The monoisotopic (exact) mass is 297 g/mol. The fraction of sp³-hybridized carbons (Fsp3) is 0.857. The minimum atomic E-state index is 0.672. The van der Waals surface area contributed by atoms with Crippen LogP contribution in [0.15, 0.2) is 5.03 Å². The van der Waals surface area contributed by atoms with Crippen molar-refractivity contribution in [1.29, 1.82) is 0 Å². The van der Waals surface area contributed by atoms with Gasteiger partial charge in [0.2, 0.25) is 0 Å². The maximum absolute atomic E-state index is 4.62. The molecule has 0 spiro atoms. The van der Waals surface area contributed by atoms with Crippen molar-refractivity contribution < 1.29 is 0 Å². The third kappa shape index (κ3) is 3.14. The molecule has 2 aliphatic rings. The zero-order valence-electron chi connectivity index (χ0n) is 11.7. The number of unbranched alkanes of at least 4 members (excludes halogenated alkanes) is 3. The molecule has 0 aliphatic carbocycles. The standard InChI is InChI=1S/C14H23N3S2/c1-2-3-4-5-8-18-14-13(15-19-16-14)12-10-17-7-6-11(12)9-17/h11-12H,2-10H2,1H3/t11-,12+/m0/s1. The molecule has 0 amide bonds. The van der Waals surface area contributed by atoms with Gasteiger partial charge in [0, 0.05) is 19.0 Å². The summed E-state index contributed by atoms with van der Waals surface area (Å²) in [6, 6.07) is 0. The van der Waals surface area contributed by atoms with E-state index in [2.05, 4.69) is 20.6 Å². The van der Waals surface area contributed by atoms with Crippen LogP contribution >= 0.6 is 23.5 Å². The van der Waals surface area contributed by atoms with Crippen molar-refractivity contribution in [3.63, 3.8) is 0 Å². The Labute approximate surface area is 124 Å². The number of fused-ring (bicyclic) bond motifs is 2. The van der Waals surface area contributed by atoms with Gasteiger partial charge in [-0.05, 0) is 31.1 Å². The quantitative estimate of drug-likeness (QED) is 0.568. The second-order valence-electron chi connectivity index (χ2n) is 5.78. The van der Waals surface area contributed by atoms with Gasteiger partial charge in [0.15, 0.2) is 0 Å². The highest BCUT2D eigenvalue weighted by Crippen LogP contribution is 2.42. The predicted octanol–water partition coefficient (Wildman–Crippen LogP) is 3.63. The Morgan fingerprint density at radius 1 is 1.26 bits per heavy atom. The van der Waals surface area contributed by atoms with Crippen molar-refractivity contribution >= 4 is 23.5 Å². The maximum atomic E-state index is 4.62. The second kappa shape index (κ2) is 6.55. The van der Waals surface area contributed by atoms with E-state index in [1.165, 1.54) is 79.9 Å². The van der Waals surface area contributed by atoms with E-state index < -0.39 is 0 Å². The van der Waals surface area contributed by atoms with Gasteiger partial charge in [0.1, 0.15) is 5.03 Å². The van der Waals surface area contributed by atoms with Crippen LogP contribution in [-0.2, 0) is 0 Å². The Morgan fingerprint density at radius 3 is 2.95 bits per heavy atom. The molecule has 2 aliphatic heterocycles. The van der Waals surface area contributed by atoms with Gasteiger partial charge in [-0.15, -0.1) is 11.8 Å². The van der Waals surface area contributed by atoms with Crippen molar-refractivity contribution in [2.24, 2.45) is 5.92 Å². The van der Waals surface area contributed by atoms with Crippen LogP contribution in [0.5, 0.6) is 0 Å². The molecule has 0 radical (unpaired) electrons. The van der Waals surface area contributed by atoms with E-state index in [0.717, 1.165) is 5.92 Å². The molecular weight excluding hydrogens is 274 g/mol. The Morgan fingerprint density at radius 2 is 2.21 bits per heavy atom. The van der Waals surface area contributed by atoms with Gasteiger partial charge in [-0.3, -0.25) is 0 Å². The van der Waals surface area contributed by atoms with Crippen molar-refractivity contribution in [3.05, 3.63) is 5.69 Å². The van der Waals surface area contributed by atoms with E-state index in [1.807, 2.05) is 11.8 Å². The lowest BCUT2D eigenvalue weighted by atomic mass is 9.90. The van der Waals surface area contributed by atoms with Gasteiger partial charge in [0.25, 0.3) is 0 Å². The van der Waals surface area contributed by atoms with Crippen LogP contribution in [0.25, 0.3) is 0 Å². The molecule has 3 rings (SSSR count). The van der Waals surface area contributed by atoms with E-state index in [-0.39, 0.29) is 0 Å². The molecular formula is C14H23N3S2. The lowest BCUT2D eigenvalue weighted by molar-refractivity contribution is 0.342.